The highest BCUT2D eigenvalue weighted by Crippen LogP contribution is 2.31. The zero-order valence-electron chi connectivity index (χ0n) is 19.2. The van der Waals surface area contributed by atoms with E-state index in [0.29, 0.717) is 16.4 Å². The standard InChI is InChI=1S/C28H27ClF2N2O/c1-3-28(30,31)23-10-4-20(5-11-23)17-26(34)18-21-6-14-25(15-7-21)33-27(16-19(2)32)22-8-12-24(29)13-9-22/h4-16H,3,17-18,32H2,1-2H3. The lowest BCUT2D eigenvalue weighted by Gasteiger charge is -2.14. The van der Waals surface area contributed by atoms with Gasteiger partial charge in [-0.3, -0.25) is 4.79 Å². The van der Waals surface area contributed by atoms with Crippen LogP contribution in [0, 0.1) is 0 Å². The molecule has 0 aliphatic heterocycles. The van der Waals surface area contributed by atoms with Crippen molar-refractivity contribution in [1.29, 1.82) is 0 Å². The molecule has 0 saturated heterocycles. The molecule has 0 aromatic heterocycles. The minimum atomic E-state index is -2.85. The van der Waals surface area contributed by atoms with Gasteiger partial charge in [-0.05, 0) is 48.4 Å². The SMILES string of the molecule is CCC(F)(F)c1ccc(CC(=O)Cc2ccc(N=C(C=C(C)N)c3ccc(Cl)cc3)cc2)cc1. The average Bonchev–Trinajstić information content (AvgIpc) is 2.80. The van der Waals surface area contributed by atoms with E-state index >= 15 is 0 Å². The van der Waals surface area contributed by atoms with Crippen molar-refractivity contribution in [2.24, 2.45) is 10.7 Å². The largest absolute Gasteiger partial charge is 0.402 e. The first-order valence-electron chi connectivity index (χ1n) is 11.0. The van der Waals surface area contributed by atoms with Gasteiger partial charge in [0.1, 0.15) is 5.78 Å². The summed E-state index contributed by atoms with van der Waals surface area (Å²) in [7, 11) is 0. The zero-order valence-corrected chi connectivity index (χ0v) is 19.9. The molecule has 2 N–H and O–H groups in total. The molecule has 34 heavy (non-hydrogen) atoms. The Morgan fingerprint density at radius 3 is 1.97 bits per heavy atom. The van der Waals surface area contributed by atoms with Crippen molar-refractivity contribution in [3.8, 4) is 0 Å². The van der Waals surface area contributed by atoms with Gasteiger partial charge in [-0.2, -0.15) is 0 Å². The van der Waals surface area contributed by atoms with Gasteiger partial charge in [0.25, 0.3) is 5.92 Å². The van der Waals surface area contributed by atoms with Crippen LogP contribution in [0.25, 0.3) is 0 Å². The topological polar surface area (TPSA) is 55.5 Å². The summed E-state index contributed by atoms with van der Waals surface area (Å²) in [6, 6.07) is 20.8. The van der Waals surface area contributed by atoms with E-state index in [2.05, 4.69) is 0 Å². The van der Waals surface area contributed by atoms with Crippen molar-refractivity contribution in [2.45, 2.75) is 39.0 Å². The van der Waals surface area contributed by atoms with E-state index in [-0.39, 0.29) is 30.6 Å². The van der Waals surface area contributed by atoms with Gasteiger partial charge >= 0.3 is 0 Å². The van der Waals surface area contributed by atoms with Crippen LogP contribution in [0.5, 0.6) is 0 Å². The summed E-state index contributed by atoms with van der Waals surface area (Å²) >= 11 is 5.99. The van der Waals surface area contributed by atoms with Crippen LogP contribution in [-0.4, -0.2) is 11.5 Å². The molecule has 3 rings (SSSR count). The summed E-state index contributed by atoms with van der Waals surface area (Å²) in [6.07, 6.45) is 1.98. The van der Waals surface area contributed by atoms with Gasteiger partial charge < -0.3 is 5.73 Å². The molecule has 3 nitrogen and oxygen atoms in total. The third-order valence-corrected chi connectivity index (χ3v) is 5.57. The van der Waals surface area contributed by atoms with Crippen molar-refractivity contribution in [3.63, 3.8) is 0 Å². The third-order valence-electron chi connectivity index (χ3n) is 5.31. The molecule has 3 aromatic rings. The molecule has 0 fully saturated rings. The lowest BCUT2D eigenvalue weighted by atomic mass is 9.99. The van der Waals surface area contributed by atoms with Crippen LogP contribution in [0.15, 0.2) is 89.6 Å². The van der Waals surface area contributed by atoms with Crippen molar-refractivity contribution in [2.75, 3.05) is 0 Å². The monoisotopic (exact) mass is 480 g/mol. The van der Waals surface area contributed by atoms with E-state index in [9.17, 15) is 13.6 Å². The highest BCUT2D eigenvalue weighted by Gasteiger charge is 2.28. The Morgan fingerprint density at radius 1 is 0.941 bits per heavy atom. The summed E-state index contributed by atoms with van der Waals surface area (Å²) in [6.45, 7) is 3.24. The summed E-state index contributed by atoms with van der Waals surface area (Å²) in [5.41, 5.74) is 10.4. The van der Waals surface area contributed by atoms with E-state index in [0.717, 1.165) is 22.4 Å². The molecule has 176 valence electrons. The molecule has 0 amide bonds. The van der Waals surface area contributed by atoms with Crippen LogP contribution < -0.4 is 5.73 Å². The second kappa shape index (κ2) is 11.2. The van der Waals surface area contributed by atoms with Gasteiger partial charge in [0.15, 0.2) is 0 Å². The first kappa shape index (κ1) is 25.3. The second-order valence-electron chi connectivity index (χ2n) is 8.21. The van der Waals surface area contributed by atoms with Gasteiger partial charge in [0.05, 0.1) is 11.4 Å². The molecule has 0 aliphatic rings. The predicted molar refractivity (Wildman–Crippen MR) is 135 cm³/mol. The number of nitrogens with zero attached hydrogens (tertiary/aromatic N) is 1. The van der Waals surface area contributed by atoms with Gasteiger partial charge in [-0.1, -0.05) is 67.1 Å². The molecule has 0 unspecified atom stereocenters. The fourth-order valence-corrected chi connectivity index (χ4v) is 3.56. The number of allylic oxidation sites excluding steroid dienone is 2. The lowest BCUT2D eigenvalue weighted by Crippen LogP contribution is -2.12. The first-order chi connectivity index (χ1) is 16.2. The highest BCUT2D eigenvalue weighted by atomic mass is 35.5. The van der Waals surface area contributed by atoms with E-state index in [1.165, 1.54) is 19.1 Å². The van der Waals surface area contributed by atoms with Crippen molar-refractivity contribution in [3.05, 3.63) is 112 Å². The number of carbonyl (C=O) groups is 1. The van der Waals surface area contributed by atoms with Crippen molar-refractivity contribution < 1.29 is 13.6 Å². The van der Waals surface area contributed by atoms with Gasteiger partial charge in [-0.25, -0.2) is 13.8 Å². The Labute approximate surface area is 204 Å². The van der Waals surface area contributed by atoms with E-state index in [4.69, 9.17) is 22.3 Å². The zero-order chi connectivity index (χ0) is 24.7. The van der Waals surface area contributed by atoms with Crippen molar-refractivity contribution in [1.82, 2.24) is 0 Å². The maximum absolute atomic E-state index is 13.8. The number of ketones is 1. The van der Waals surface area contributed by atoms with E-state index in [1.807, 2.05) is 36.4 Å². The molecule has 0 bridgehead atoms. The number of hydrogen-bond acceptors (Lipinski definition) is 3. The fraction of sp³-hybridized carbons (Fsp3) is 0.214. The number of Topliss-reactive ketones (excluding diaryl/α,β-unsaturated/α-hetero) is 1. The number of halogens is 3. The minimum Gasteiger partial charge on any atom is -0.402 e. The average molecular weight is 481 g/mol. The molecule has 0 radical (unpaired) electrons. The number of carbonyl (C=O) groups excluding carboxylic acids is 1. The Balaban J connectivity index is 1.68. The van der Waals surface area contributed by atoms with Crippen LogP contribution in [0.2, 0.25) is 5.02 Å². The number of rotatable bonds is 9. The smallest absolute Gasteiger partial charge is 0.273 e. The molecule has 0 aliphatic carbocycles. The van der Waals surface area contributed by atoms with Crippen molar-refractivity contribution >= 4 is 28.8 Å². The first-order valence-corrected chi connectivity index (χ1v) is 11.4. The fourth-order valence-electron chi connectivity index (χ4n) is 3.43. The molecule has 3 aromatic carbocycles. The Hall–Kier alpha value is -3.31. The van der Waals surface area contributed by atoms with Crippen LogP contribution in [0.4, 0.5) is 14.5 Å². The molecular formula is C28H27ClF2N2O. The number of benzene rings is 3. The lowest BCUT2D eigenvalue weighted by molar-refractivity contribution is -0.117. The van der Waals surface area contributed by atoms with Crippen LogP contribution in [-0.2, 0) is 23.6 Å². The van der Waals surface area contributed by atoms with Crippen LogP contribution in [0.1, 0.15) is 42.5 Å². The molecule has 0 saturated carbocycles. The normalized spacial score (nSPS) is 12.6. The van der Waals surface area contributed by atoms with Gasteiger partial charge in [0.2, 0.25) is 0 Å². The summed E-state index contributed by atoms with van der Waals surface area (Å²) < 4.78 is 27.5. The second-order valence-corrected chi connectivity index (χ2v) is 8.64. The van der Waals surface area contributed by atoms with Crippen LogP contribution in [0.3, 0.4) is 0 Å². The van der Waals surface area contributed by atoms with E-state index < -0.39 is 5.92 Å². The number of hydrogen-bond donors (Lipinski definition) is 1. The van der Waals surface area contributed by atoms with E-state index in [1.54, 1.807) is 37.3 Å². The molecular weight excluding hydrogens is 454 g/mol. The Kier molecular flexibility index (Phi) is 8.35. The Morgan fingerprint density at radius 2 is 1.47 bits per heavy atom. The maximum Gasteiger partial charge on any atom is 0.273 e. The highest BCUT2D eigenvalue weighted by molar-refractivity contribution is 6.30. The third kappa shape index (κ3) is 7.09. The number of nitrogens with two attached hydrogens (primary N) is 1. The summed E-state index contributed by atoms with van der Waals surface area (Å²) in [4.78, 5) is 17.2. The molecule has 0 spiro atoms. The Bertz CT molecular complexity index is 1180. The maximum atomic E-state index is 13.8. The molecule has 0 atom stereocenters. The number of aliphatic imine (C=N–C) groups is 1. The minimum absolute atomic E-state index is 0.00907. The van der Waals surface area contributed by atoms with Crippen LogP contribution >= 0.6 is 11.6 Å². The summed E-state index contributed by atoms with van der Waals surface area (Å²) in [5, 5.41) is 0.639. The summed E-state index contributed by atoms with van der Waals surface area (Å²) in [5.74, 6) is -2.84. The molecule has 0 heterocycles. The quantitative estimate of drug-likeness (QED) is 0.330. The number of alkyl halides is 2. The predicted octanol–water partition coefficient (Wildman–Crippen LogP) is 7.18. The molecule has 6 heteroatoms. The van der Waals surface area contributed by atoms with Gasteiger partial charge in [-0.15, -0.1) is 0 Å². The van der Waals surface area contributed by atoms with Gasteiger partial charge in [0, 0.05) is 41.1 Å².